The lowest BCUT2D eigenvalue weighted by molar-refractivity contribution is -0.132. The maximum atomic E-state index is 13.5. The van der Waals surface area contributed by atoms with E-state index in [1.807, 2.05) is 13.8 Å². The summed E-state index contributed by atoms with van der Waals surface area (Å²) in [5.41, 5.74) is 0.757. The maximum absolute atomic E-state index is 13.5. The molecule has 3 atom stereocenters. The molecule has 0 saturated carbocycles. The lowest BCUT2D eigenvalue weighted by Gasteiger charge is -2.26. The van der Waals surface area contributed by atoms with Crippen molar-refractivity contribution in [1.82, 2.24) is 35.8 Å². The number of aromatic nitrogens is 3. The van der Waals surface area contributed by atoms with Crippen LogP contribution < -0.4 is 30.2 Å². The summed E-state index contributed by atoms with van der Waals surface area (Å²) in [6, 6.07) is 5.52. The highest BCUT2D eigenvalue weighted by Crippen LogP contribution is 2.29. The van der Waals surface area contributed by atoms with Crippen LogP contribution in [0.4, 0.5) is 0 Å². The van der Waals surface area contributed by atoms with Gasteiger partial charge in [0.25, 0.3) is 17.8 Å². The lowest BCUT2D eigenvalue weighted by atomic mass is 10.0. The van der Waals surface area contributed by atoms with Gasteiger partial charge in [0.15, 0.2) is 17.3 Å². The van der Waals surface area contributed by atoms with Crippen molar-refractivity contribution in [2.24, 2.45) is 5.92 Å². The molecule has 0 saturated heterocycles. The van der Waals surface area contributed by atoms with Crippen LogP contribution in [0.1, 0.15) is 73.1 Å². The summed E-state index contributed by atoms with van der Waals surface area (Å²) < 4.78 is 23.7. The highest BCUT2D eigenvalue weighted by Gasteiger charge is 2.30. The van der Waals surface area contributed by atoms with Gasteiger partial charge in [-0.05, 0) is 62.8 Å². The van der Waals surface area contributed by atoms with Gasteiger partial charge >= 0.3 is 0 Å². The van der Waals surface area contributed by atoms with Crippen molar-refractivity contribution >= 4 is 23.6 Å². The summed E-state index contributed by atoms with van der Waals surface area (Å²) in [6.07, 6.45) is 2.42. The van der Waals surface area contributed by atoms with E-state index in [1.54, 1.807) is 40.0 Å². The fraction of sp³-hybridized carbons (Fsp3) is 0.529. The van der Waals surface area contributed by atoms with E-state index in [9.17, 15) is 24.3 Å². The number of benzene rings is 1. The number of ether oxygens (including phenoxy) is 3. The average Bonchev–Trinajstić information content (AvgIpc) is 3.77. The quantitative estimate of drug-likeness (QED) is 0.294. The average molecular weight is 698 g/mol. The summed E-state index contributed by atoms with van der Waals surface area (Å²) in [5.74, 6) is -0.970. The molecule has 0 radical (unpaired) electrons. The van der Waals surface area contributed by atoms with Crippen LogP contribution in [0.25, 0.3) is 0 Å². The highest BCUT2D eigenvalue weighted by atomic mass is 16.6. The van der Waals surface area contributed by atoms with Crippen LogP contribution in [0.5, 0.6) is 17.4 Å². The first kappa shape index (κ1) is 37.7. The predicted octanol–water partition coefficient (Wildman–Crippen LogP) is 1.92. The molecule has 50 heavy (non-hydrogen) atoms. The van der Waals surface area contributed by atoms with Crippen LogP contribution in [-0.4, -0.2) is 101 Å². The molecule has 3 aromatic rings. The summed E-state index contributed by atoms with van der Waals surface area (Å²) in [4.78, 5) is 55.0. The Morgan fingerprint density at radius 3 is 2.48 bits per heavy atom. The molecular weight excluding hydrogens is 650 g/mol. The Balaban J connectivity index is 1.58. The number of rotatable bonds is 6. The second kappa shape index (κ2) is 18.0. The molecule has 0 unspecified atom stereocenters. The zero-order chi connectivity index (χ0) is 36.2. The number of methoxy groups -OCH3 is 2. The first-order valence-electron chi connectivity index (χ1n) is 16.7. The van der Waals surface area contributed by atoms with Gasteiger partial charge in [-0.2, -0.15) is 0 Å². The Morgan fingerprint density at radius 1 is 1.00 bits per heavy atom. The smallest absolute Gasteiger partial charge is 0.289 e. The molecule has 1 aromatic carbocycles. The van der Waals surface area contributed by atoms with E-state index in [0.717, 1.165) is 0 Å². The number of amides is 4. The van der Waals surface area contributed by atoms with Gasteiger partial charge in [0.05, 0.1) is 26.5 Å². The van der Waals surface area contributed by atoms with Gasteiger partial charge in [-0.25, -0.2) is 0 Å². The van der Waals surface area contributed by atoms with Gasteiger partial charge < -0.3 is 44.6 Å². The van der Waals surface area contributed by atoms with Crippen molar-refractivity contribution < 1.29 is 42.9 Å². The zero-order valence-corrected chi connectivity index (χ0v) is 29.1. The molecule has 4 bridgehead atoms. The van der Waals surface area contributed by atoms with Crippen LogP contribution in [-0.2, 0) is 22.7 Å². The lowest BCUT2D eigenvalue weighted by Crippen LogP contribution is -2.57. The highest BCUT2D eigenvalue weighted by molar-refractivity contribution is 5.99. The molecule has 16 nitrogen and oxygen atoms in total. The Kier molecular flexibility index (Phi) is 13.6. The Bertz CT molecular complexity index is 1600. The molecule has 0 fully saturated rings. The minimum atomic E-state index is -1.26. The zero-order valence-electron chi connectivity index (χ0n) is 29.1. The largest absolute Gasteiger partial charge is 0.493 e. The normalized spacial score (nSPS) is 19.3. The van der Waals surface area contributed by atoms with Crippen LogP contribution in [0.15, 0.2) is 40.9 Å². The first-order valence-corrected chi connectivity index (χ1v) is 16.7. The fourth-order valence-corrected chi connectivity index (χ4v) is 5.39. The molecule has 272 valence electrons. The minimum Gasteiger partial charge on any atom is -0.493 e. The van der Waals surface area contributed by atoms with Crippen molar-refractivity contribution in [2.75, 3.05) is 33.9 Å². The standard InChI is InChI=1S/C34H47N7O9/c1-21(2)17-25-32(44)37-30(22(3)42)33(45)35-13-6-7-14-40(34(46)27-11-12-29(48-5)50-27)15-8-16-41-19-24(38-39-41)20-49-28-18-23(31(43)36-25)9-10-26(28)47-4/h9-12,18-19,21-22,25,30,42H,6-8,13-17,20H2,1-5H3,(H,35,45)(H,36,43)(H,37,44)/t22-,25-,30+/m1/s1. The van der Waals surface area contributed by atoms with Gasteiger partial charge in [0, 0.05) is 37.8 Å². The molecular formula is C34H47N7O9. The third-order valence-electron chi connectivity index (χ3n) is 8.03. The fourth-order valence-electron chi connectivity index (χ4n) is 5.39. The van der Waals surface area contributed by atoms with Crippen molar-refractivity contribution in [1.29, 1.82) is 0 Å². The SMILES string of the molecule is COc1ccc(C(=O)N2CCCCNC(=O)[C@H]([C@@H](C)O)NC(=O)[C@@H](CC(C)C)NC(=O)c3ccc(OC)c(c3)OCc3cn(nn3)CCC2)o1. The van der Waals surface area contributed by atoms with Gasteiger partial charge in [-0.15, -0.1) is 5.10 Å². The van der Waals surface area contributed by atoms with E-state index in [2.05, 4.69) is 26.3 Å². The monoisotopic (exact) mass is 697 g/mol. The molecule has 4 rings (SSSR count). The molecule has 0 aliphatic carbocycles. The van der Waals surface area contributed by atoms with Crippen LogP contribution in [0.2, 0.25) is 0 Å². The summed E-state index contributed by atoms with van der Waals surface area (Å²) in [7, 11) is 2.93. The van der Waals surface area contributed by atoms with E-state index in [1.165, 1.54) is 27.2 Å². The molecule has 3 heterocycles. The van der Waals surface area contributed by atoms with E-state index in [-0.39, 0.29) is 54.4 Å². The van der Waals surface area contributed by atoms with Crippen LogP contribution in [0, 0.1) is 5.92 Å². The predicted molar refractivity (Wildman–Crippen MR) is 180 cm³/mol. The minimum absolute atomic E-state index is 0.0150. The summed E-state index contributed by atoms with van der Waals surface area (Å²) in [5, 5.41) is 27.0. The van der Waals surface area contributed by atoms with E-state index in [4.69, 9.17) is 18.6 Å². The number of nitrogens with zero attached hydrogens (tertiary/aromatic N) is 4. The Hall–Kier alpha value is -5.12. The van der Waals surface area contributed by atoms with Gasteiger partial charge in [-0.1, -0.05) is 19.1 Å². The third-order valence-corrected chi connectivity index (χ3v) is 8.03. The molecule has 1 aliphatic rings. The molecule has 2 aromatic heterocycles. The molecule has 0 spiro atoms. The number of furan rings is 1. The third kappa shape index (κ3) is 10.4. The maximum Gasteiger partial charge on any atom is 0.289 e. The number of aliphatic hydroxyl groups is 1. The van der Waals surface area contributed by atoms with E-state index < -0.39 is 35.9 Å². The van der Waals surface area contributed by atoms with Gasteiger partial charge in [-0.3, -0.25) is 23.9 Å². The molecule has 4 amide bonds. The molecule has 16 heteroatoms. The number of aryl methyl sites for hydroxylation is 1. The second-order valence-corrected chi connectivity index (χ2v) is 12.5. The number of nitrogens with one attached hydrogen (secondary N) is 3. The van der Waals surface area contributed by atoms with E-state index >= 15 is 0 Å². The van der Waals surface area contributed by atoms with Crippen LogP contribution >= 0.6 is 0 Å². The number of carbonyl (C=O) groups excluding carboxylic acids is 4. The number of hydrogen-bond donors (Lipinski definition) is 4. The Morgan fingerprint density at radius 2 is 1.78 bits per heavy atom. The van der Waals surface area contributed by atoms with Gasteiger partial charge in [0.2, 0.25) is 11.8 Å². The first-order chi connectivity index (χ1) is 24.0. The van der Waals surface area contributed by atoms with Crippen molar-refractivity contribution in [3.05, 3.63) is 53.5 Å². The van der Waals surface area contributed by atoms with Crippen molar-refractivity contribution in [3.63, 3.8) is 0 Å². The number of carbonyl (C=O) groups is 4. The molecule has 4 N–H and O–H groups in total. The number of fused-ring (bicyclic) bond motifs is 4. The summed E-state index contributed by atoms with van der Waals surface area (Å²) >= 11 is 0. The van der Waals surface area contributed by atoms with Gasteiger partial charge in [0.1, 0.15) is 24.4 Å². The topological polar surface area (TPSA) is 199 Å². The number of aliphatic hydroxyl groups excluding tert-OH is 1. The summed E-state index contributed by atoms with van der Waals surface area (Å²) in [6.45, 7) is 6.72. The van der Waals surface area contributed by atoms with Crippen molar-refractivity contribution in [3.8, 4) is 17.4 Å². The van der Waals surface area contributed by atoms with Crippen molar-refractivity contribution in [2.45, 2.75) is 77.8 Å². The molecule has 1 aliphatic heterocycles. The number of hydrogen-bond acceptors (Lipinski definition) is 11. The Labute approximate surface area is 290 Å². The van der Waals surface area contributed by atoms with E-state index in [0.29, 0.717) is 50.3 Å². The second-order valence-electron chi connectivity index (χ2n) is 12.5. The van der Waals surface area contributed by atoms with Crippen LogP contribution in [0.3, 0.4) is 0 Å².